The second-order valence-corrected chi connectivity index (χ2v) is 8.00. The standard InChI is InChI=1S/C24H21FN4O4/c25-20-15-28(13-18-11-21(26-32-18)16-7-3-1-4-8-16)24(31)29(23(20)30)14-19-12-22(27-33-19)17-9-5-2-6-10-17/h1-10,15,18-19H,11-14H2. The molecule has 168 valence electrons. The van der Waals surface area contributed by atoms with Crippen molar-refractivity contribution >= 4 is 11.4 Å². The maximum absolute atomic E-state index is 14.4. The Morgan fingerprint density at radius 2 is 1.33 bits per heavy atom. The predicted octanol–water partition coefficient (Wildman–Crippen LogP) is 2.54. The maximum Gasteiger partial charge on any atom is 0.331 e. The molecule has 33 heavy (non-hydrogen) atoms. The molecule has 8 nitrogen and oxygen atoms in total. The van der Waals surface area contributed by atoms with Gasteiger partial charge in [0.2, 0.25) is 5.82 Å². The zero-order valence-electron chi connectivity index (χ0n) is 17.6. The summed E-state index contributed by atoms with van der Waals surface area (Å²) in [5.41, 5.74) is 1.69. The molecule has 2 unspecified atom stereocenters. The van der Waals surface area contributed by atoms with E-state index < -0.39 is 29.3 Å². The van der Waals surface area contributed by atoms with Gasteiger partial charge in [0.05, 0.1) is 30.7 Å². The minimum Gasteiger partial charge on any atom is -0.390 e. The molecule has 2 aliphatic rings. The zero-order chi connectivity index (χ0) is 22.8. The summed E-state index contributed by atoms with van der Waals surface area (Å²) in [6.07, 6.45) is 0.811. The fourth-order valence-corrected chi connectivity index (χ4v) is 3.99. The number of rotatable bonds is 6. The van der Waals surface area contributed by atoms with Crippen LogP contribution in [0.25, 0.3) is 0 Å². The number of hydrogen-bond donors (Lipinski definition) is 0. The van der Waals surface area contributed by atoms with Crippen molar-refractivity contribution in [1.29, 1.82) is 0 Å². The van der Waals surface area contributed by atoms with Gasteiger partial charge in [-0.3, -0.25) is 13.9 Å². The molecule has 2 atom stereocenters. The second-order valence-electron chi connectivity index (χ2n) is 8.00. The fourth-order valence-electron chi connectivity index (χ4n) is 3.99. The lowest BCUT2D eigenvalue weighted by Crippen LogP contribution is -2.44. The first kappa shape index (κ1) is 20.9. The first-order chi connectivity index (χ1) is 16.1. The summed E-state index contributed by atoms with van der Waals surface area (Å²) in [7, 11) is 0. The zero-order valence-corrected chi connectivity index (χ0v) is 17.6. The van der Waals surface area contributed by atoms with Gasteiger partial charge in [-0.25, -0.2) is 4.79 Å². The molecule has 5 rings (SSSR count). The Labute approximate surface area is 188 Å². The third-order valence-electron chi connectivity index (χ3n) is 5.66. The first-order valence-corrected chi connectivity index (χ1v) is 10.6. The molecule has 0 amide bonds. The van der Waals surface area contributed by atoms with E-state index in [1.807, 2.05) is 60.7 Å². The number of hydrogen-bond acceptors (Lipinski definition) is 6. The molecule has 0 saturated carbocycles. The van der Waals surface area contributed by atoms with Crippen LogP contribution in [0.5, 0.6) is 0 Å². The average molecular weight is 448 g/mol. The quantitative estimate of drug-likeness (QED) is 0.580. The van der Waals surface area contributed by atoms with E-state index in [0.29, 0.717) is 12.8 Å². The highest BCUT2D eigenvalue weighted by atomic mass is 19.1. The Morgan fingerprint density at radius 1 is 0.818 bits per heavy atom. The summed E-state index contributed by atoms with van der Waals surface area (Å²) in [4.78, 5) is 36.3. The van der Waals surface area contributed by atoms with Crippen molar-refractivity contribution in [3.05, 3.63) is 105 Å². The highest BCUT2D eigenvalue weighted by molar-refractivity contribution is 6.01. The molecule has 2 aromatic carbocycles. The summed E-state index contributed by atoms with van der Waals surface area (Å²) < 4.78 is 16.4. The summed E-state index contributed by atoms with van der Waals surface area (Å²) in [6, 6.07) is 19.0. The molecule has 0 spiro atoms. The Bertz CT molecular complexity index is 1330. The molecule has 0 N–H and O–H groups in total. The van der Waals surface area contributed by atoms with Crippen molar-refractivity contribution in [2.45, 2.75) is 38.1 Å². The number of aromatic nitrogens is 2. The molecule has 0 radical (unpaired) electrons. The van der Waals surface area contributed by atoms with Gasteiger partial charge < -0.3 is 9.68 Å². The van der Waals surface area contributed by atoms with Crippen molar-refractivity contribution in [1.82, 2.24) is 9.13 Å². The van der Waals surface area contributed by atoms with Crippen LogP contribution in [0.3, 0.4) is 0 Å². The van der Waals surface area contributed by atoms with E-state index in [4.69, 9.17) is 9.68 Å². The van der Waals surface area contributed by atoms with E-state index in [9.17, 15) is 14.0 Å². The fraction of sp³-hybridized carbons (Fsp3) is 0.250. The van der Waals surface area contributed by atoms with Crippen LogP contribution in [-0.2, 0) is 22.8 Å². The van der Waals surface area contributed by atoms with Gasteiger partial charge in [0.25, 0.3) is 5.56 Å². The highest BCUT2D eigenvalue weighted by Gasteiger charge is 2.27. The van der Waals surface area contributed by atoms with Crippen LogP contribution < -0.4 is 11.2 Å². The van der Waals surface area contributed by atoms with Crippen molar-refractivity contribution < 1.29 is 14.1 Å². The van der Waals surface area contributed by atoms with Crippen LogP contribution in [0.2, 0.25) is 0 Å². The lowest BCUT2D eigenvalue weighted by Gasteiger charge is -2.15. The number of benzene rings is 2. The summed E-state index contributed by atoms with van der Waals surface area (Å²) >= 11 is 0. The SMILES string of the molecule is O=c1c(F)cn(CC2CC(c3ccccc3)=NO2)c(=O)n1CC1CC(c2ccccc2)=NO1. The lowest BCUT2D eigenvalue weighted by molar-refractivity contribution is 0.0648. The van der Waals surface area contributed by atoms with Gasteiger partial charge in [-0.2, -0.15) is 4.39 Å². The maximum atomic E-state index is 14.4. The predicted molar refractivity (Wildman–Crippen MR) is 120 cm³/mol. The molecule has 2 aliphatic heterocycles. The number of oxime groups is 2. The molecule has 0 fully saturated rings. The van der Waals surface area contributed by atoms with E-state index in [0.717, 1.165) is 37.9 Å². The van der Waals surface area contributed by atoms with E-state index in [1.54, 1.807) is 0 Å². The molecular formula is C24H21FN4O4. The van der Waals surface area contributed by atoms with E-state index in [1.165, 1.54) is 0 Å². The second kappa shape index (κ2) is 8.85. The Kier molecular flexibility index (Phi) is 5.60. The van der Waals surface area contributed by atoms with E-state index in [-0.39, 0.29) is 13.1 Å². The number of nitrogens with zero attached hydrogens (tertiary/aromatic N) is 4. The molecule has 0 bridgehead atoms. The minimum absolute atomic E-state index is 0.0627. The van der Waals surface area contributed by atoms with Gasteiger partial charge in [-0.15, -0.1) is 0 Å². The average Bonchev–Trinajstić information content (AvgIpc) is 3.51. The normalized spacial score (nSPS) is 19.5. The van der Waals surface area contributed by atoms with Crippen LogP contribution in [0.4, 0.5) is 4.39 Å². The van der Waals surface area contributed by atoms with E-state index in [2.05, 4.69) is 10.3 Å². The Morgan fingerprint density at radius 3 is 1.88 bits per heavy atom. The minimum atomic E-state index is -1.01. The molecule has 0 aliphatic carbocycles. The van der Waals surface area contributed by atoms with Gasteiger partial charge >= 0.3 is 5.69 Å². The molecule has 1 aromatic heterocycles. The van der Waals surface area contributed by atoms with Crippen molar-refractivity contribution in [3.63, 3.8) is 0 Å². The van der Waals surface area contributed by atoms with Crippen LogP contribution in [-0.4, -0.2) is 32.8 Å². The van der Waals surface area contributed by atoms with E-state index >= 15 is 0 Å². The molecule has 3 aromatic rings. The van der Waals surface area contributed by atoms with Crippen molar-refractivity contribution in [3.8, 4) is 0 Å². The first-order valence-electron chi connectivity index (χ1n) is 10.6. The van der Waals surface area contributed by atoms with Gasteiger partial charge in [-0.1, -0.05) is 71.0 Å². The summed E-state index contributed by atoms with van der Waals surface area (Å²) in [6.45, 7) is -0.0420. The highest BCUT2D eigenvalue weighted by Crippen LogP contribution is 2.19. The number of halogens is 1. The largest absolute Gasteiger partial charge is 0.390 e. The molecule has 3 heterocycles. The van der Waals surface area contributed by atoms with Crippen LogP contribution in [0, 0.1) is 5.82 Å². The molecule has 0 saturated heterocycles. The van der Waals surface area contributed by atoms with Gasteiger partial charge in [-0.05, 0) is 11.1 Å². The summed E-state index contributed by atoms with van der Waals surface area (Å²) in [5.74, 6) is -1.01. The topological polar surface area (TPSA) is 87.2 Å². The van der Waals surface area contributed by atoms with Crippen LogP contribution in [0.15, 0.2) is 86.8 Å². The smallest absolute Gasteiger partial charge is 0.331 e. The van der Waals surface area contributed by atoms with Gasteiger partial charge in [0.15, 0.2) is 12.2 Å². The van der Waals surface area contributed by atoms with Crippen LogP contribution in [0.1, 0.15) is 24.0 Å². The Balaban J connectivity index is 1.30. The van der Waals surface area contributed by atoms with Crippen LogP contribution >= 0.6 is 0 Å². The third kappa shape index (κ3) is 4.34. The lowest BCUT2D eigenvalue weighted by atomic mass is 10.1. The Hall–Kier alpha value is -4.01. The van der Waals surface area contributed by atoms with Gasteiger partial charge in [0, 0.05) is 12.8 Å². The summed E-state index contributed by atoms with van der Waals surface area (Å²) in [5, 5.41) is 8.17. The third-order valence-corrected chi connectivity index (χ3v) is 5.66. The van der Waals surface area contributed by atoms with Gasteiger partial charge in [0.1, 0.15) is 0 Å². The monoisotopic (exact) mass is 448 g/mol. The van der Waals surface area contributed by atoms with Crippen molar-refractivity contribution in [2.24, 2.45) is 10.3 Å². The van der Waals surface area contributed by atoms with Crippen molar-refractivity contribution in [2.75, 3.05) is 0 Å². The molecule has 9 heteroatoms. The molecular weight excluding hydrogens is 427 g/mol.